The van der Waals surface area contributed by atoms with Crippen LogP contribution in [0.4, 0.5) is 0 Å². The van der Waals surface area contributed by atoms with Gasteiger partial charge in [0, 0.05) is 19.8 Å². The molecule has 3 fully saturated rings. The van der Waals surface area contributed by atoms with Gasteiger partial charge in [-0.1, -0.05) is 64.2 Å². The van der Waals surface area contributed by atoms with Crippen LogP contribution < -0.4 is 0 Å². The third kappa shape index (κ3) is 5.65. The molecule has 3 aliphatic rings. The zero-order chi connectivity index (χ0) is 23.5. The van der Waals surface area contributed by atoms with Crippen molar-refractivity contribution in [1.29, 1.82) is 0 Å². The van der Waals surface area contributed by atoms with Crippen LogP contribution in [0.5, 0.6) is 0 Å². The van der Waals surface area contributed by atoms with E-state index in [0.29, 0.717) is 30.1 Å². The number of hydrogen-bond acceptors (Lipinski definition) is 3. The summed E-state index contributed by atoms with van der Waals surface area (Å²) in [4.78, 5) is 11.4. The average molecular weight is 441 g/mol. The Kier molecular flexibility index (Phi) is 8.25. The zero-order valence-corrected chi connectivity index (χ0v) is 20.9. The second-order valence-electron chi connectivity index (χ2n) is 11.2. The van der Waals surface area contributed by atoms with Crippen molar-refractivity contribution in [3.05, 3.63) is 47.6 Å². The monoisotopic (exact) mass is 440 g/mol. The lowest BCUT2D eigenvalue weighted by molar-refractivity contribution is -0.147. The summed E-state index contributed by atoms with van der Waals surface area (Å²) >= 11 is 0. The maximum atomic E-state index is 11.4. The van der Waals surface area contributed by atoms with Gasteiger partial charge in [0.15, 0.2) is 0 Å². The molecule has 178 valence electrons. The van der Waals surface area contributed by atoms with Gasteiger partial charge < -0.3 is 9.84 Å². The topological polar surface area (TPSA) is 46.5 Å². The molecule has 3 heteroatoms. The minimum atomic E-state index is -0.635. The highest BCUT2D eigenvalue weighted by Gasteiger charge is 2.50. The highest BCUT2D eigenvalue weighted by atomic mass is 16.5. The van der Waals surface area contributed by atoms with Crippen molar-refractivity contribution >= 4 is 5.97 Å². The molecule has 0 spiro atoms. The number of carbonyl (C=O) groups is 1. The Hall–Kier alpha value is -1.61. The molecule has 3 aliphatic carbocycles. The predicted octanol–water partition coefficient (Wildman–Crippen LogP) is 6.94. The molecule has 0 aromatic rings. The molecule has 0 heterocycles. The third-order valence-electron chi connectivity index (χ3n) is 8.30. The Bertz CT molecular complexity index is 786. The first-order valence-electron chi connectivity index (χ1n) is 12.7. The predicted molar refractivity (Wildman–Crippen MR) is 132 cm³/mol. The highest BCUT2D eigenvalue weighted by Crippen LogP contribution is 2.59. The molecular formula is C29H44O3. The molecule has 0 aliphatic heterocycles. The first-order valence-corrected chi connectivity index (χ1v) is 12.7. The van der Waals surface area contributed by atoms with Gasteiger partial charge in [-0.25, -0.2) is 0 Å². The first-order chi connectivity index (χ1) is 15.1. The smallest absolute Gasteiger partial charge is 0.302 e. The van der Waals surface area contributed by atoms with Crippen LogP contribution in [-0.4, -0.2) is 23.3 Å². The molecule has 3 nitrogen and oxygen atoms in total. The maximum Gasteiger partial charge on any atom is 0.302 e. The molecular weight excluding hydrogens is 396 g/mol. The Balaban J connectivity index is 1.76. The Morgan fingerprint density at radius 3 is 2.72 bits per heavy atom. The summed E-state index contributed by atoms with van der Waals surface area (Å²) in [6, 6.07) is 0. The molecule has 0 aromatic heterocycles. The number of aliphatic hydroxyl groups is 1. The number of aliphatic hydroxyl groups excluding tert-OH is 1. The van der Waals surface area contributed by atoms with Gasteiger partial charge in [-0.3, -0.25) is 4.79 Å². The second-order valence-corrected chi connectivity index (χ2v) is 11.2. The van der Waals surface area contributed by atoms with E-state index in [1.165, 1.54) is 39.0 Å². The molecule has 3 rings (SSSR count). The van der Waals surface area contributed by atoms with E-state index in [-0.39, 0.29) is 12.1 Å². The van der Waals surface area contributed by atoms with Crippen molar-refractivity contribution in [2.24, 2.45) is 29.1 Å². The van der Waals surface area contributed by atoms with Crippen molar-refractivity contribution in [1.82, 2.24) is 0 Å². The van der Waals surface area contributed by atoms with Gasteiger partial charge in [0.1, 0.15) is 6.10 Å². The largest absolute Gasteiger partial charge is 0.462 e. The van der Waals surface area contributed by atoms with Crippen molar-refractivity contribution < 1.29 is 14.6 Å². The van der Waals surface area contributed by atoms with E-state index in [4.69, 9.17) is 4.74 Å². The number of ether oxygens (including phenoxy) is 1. The fourth-order valence-corrected chi connectivity index (χ4v) is 6.61. The molecule has 0 unspecified atom stereocenters. The van der Waals surface area contributed by atoms with Gasteiger partial charge in [-0.15, -0.1) is 0 Å². The molecule has 0 amide bonds. The van der Waals surface area contributed by atoms with Crippen LogP contribution in [0.3, 0.4) is 0 Å². The van der Waals surface area contributed by atoms with E-state index < -0.39 is 6.10 Å². The van der Waals surface area contributed by atoms with Crippen molar-refractivity contribution in [3.8, 4) is 0 Å². The molecule has 3 saturated carbocycles. The zero-order valence-electron chi connectivity index (χ0n) is 20.9. The van der Waals surface area contributed by atoms with E-state index in [1.807, 2.05) is 0 Å². The van der Waals surface area contributed by atoms with E-state index in [2.05, 4.69) is 58.6 Å². The minimum Gasteiger partial charge on any atom is -0.462 e. The third-order valence-corrected chi connectivity index (χ3v) is 8.30. The van der Waals surface area contributed by atoms with Crippen LogP contribution in [0, 0.1) is 29.1 Å². The lowest BCUT2D eigenvalue weighted by Gasteiger charge is -2.44. The van der Waals surface area contributed by atoms with Crippen LogP contribution in [0.15, 0.2) is 47.6 Å². The first kappa shape index (κ1) is 25.0. The molecule has 1 N–H and O–H groups in total. The number of hydrogen-bond donors (Lipinski definition) is 1. The van der Waals surface area contributed by atoms with Crippen LogP contribution in [0.2, 0.25) is 0 Å². The Morgan fingerprint density at radius 2 is 2.03 bits per heavy atom. The van der Waals surface area contributed by atoms with Crippen molar-refractivity contribution in [3.63, 3.8) is 0 Å². The van der Waals surface area contributed by atoms with Crippen LogP contribution in [0.25, 0.3) is 0 Å². The summed E-state index contributed by atoms with van der Waals surface area (Å²) in [6.07, 6.45) is 17.0. The normalized spacial score (nSPS) is 36.8. The van der Waals surface area contributed by atoms with Gasteiger partial charge in [-0.05, 0) is 78.8 Å². The number of allylic oxidation sites excluding steroid dienone is 5. The Labute approximate surface area is 195 Å². The summed E-state index contributed by atoms with van der Waals surface area (Å²) in [5.74, 6) is 2.44. The minimum absolute atomic E-state index is 0.261. The van der Waals surface area contributed by atoms with Gasteiger partial charge in [0.2, 0.25) is 0 Å². The number of rotatable bonds is 6. The van der Waals surface area contributed by atoms with Crippen LogP contribution >= 0.6 is 0 Å². The SMILES string of the molecule is C=C1/C(=C\C=C2/CCC[C@@]3(C)[C@@H]2CC[C@@H]3[C@H](C)/C=C/CC(C)C)C[C@H](OC(C)=O)C[C@H]1O. The fourth-order valence-electron chi connectivity index (χ4n) is 6.61. The molecule has 32 heavy (non-hydrogen) atoms. The Morgan fingerprint density at radius 1 is 1.28 bits per heavy atom. The molecule has 0 aromatic carbocycles. The summed E-state index contributed by atoms with van der Waals surface area (Å²) < 4.78 is 5.40. The summed E-state index contributed by atoms with van der Waals surface area (Å²) in [7, 11) is 0. The van der Waals surface area contributed by atoms with Crippen molar-refractivity contribution in [2.45, 2.75) is 98.2 Å². The number of fused-ring (bicyclic) bond motifs is 1. The van der Waals surface area contributed by atoms with Gasteiger partial charge in [0.05, 0.1) is 6.10 Å². The highest BCUT2D eigenvalue weighted by molar-refractivity contribution is 5.66. The van der Waals surface area contributed by atoms with Gasteiger partial charge >= 0.3 is 5.97 Å². The second kappa shape index (κ2) is 10.5. The van der Waals surface area contributed by atoms with E-state index in [9.17, 15) is 9.90 Å². The number of esters is 1. The van der Waals surface area contributed by atoms with Gasteiger partial charge in [-0.2, -0.15) is 0 Å². The molecule has 0 radical (unpaired) electrons. The molecule has 0 saturated heterocycles. The summed E-state index contributed by atoms with van der Waals surface area (Å²) in [5, 5.41) is 10.4. The fraction of sp³-hybridized carbons (Fsp3) is 0.690. The van der Waals surface area contributed by atoms with Crippen LogP contribution in [-0.2, 0) is 9.53 Å². The summed E-state index contributed by atoms with van der Waals surface area (Å²) in [6.45, 7) is 15.1. The van der Waals surface area contributed by atoms with E-state index >= 15 is 0 Å². The number of carbonyl (C=O) groups excluding carboxylic acids is 1. The standard InChI is InChI=1S/C29H44O3/c1-19(2)9-7-10-20(3)26-14-15-27-23(11-8-16-29(26,27)6)12-13-24-17-25(32-22(5)30)18-28(31)21(24)4/h7,10,12-13,19-20,25-28,31H,4,8-9,11,14-18H2,1-3,5-6H3/b10-7+,23-12+,24-13-/t20-,25+,26-,27-,28-,29-/m1/s1. The maximum absolute atomic E-state index is 11.4. The van der Waals surface area contributed by atoms with Gasteiger partial charge in [0.25, 0.3) is 0 Å². The van der Waals surface area contributed by atoms with E-state index in [1.54, 1.807) is 5.57 Å². The van der Waals surface area contributed by atoms with Crippen molar-refractivity contribution in [2.75, 3.05) is 0 Å². The molecule has 0 bridgehead atoms. The average Bonchev–Trinajstić information content (AvgIpc) is 3.06. The lowest BCUT2D eigenvalue weighted by atomic mass is 9.61. The molecule has 6 atom stereocenters. The van der Waals surface area contributed by atoms with E-state index in [0.717, 1.165) is 29.4 Å². The summed E-state index contributed by atoms with van der Waals surface area (Å²) in [5.41, 5.74) is 3.73. The van der Waals surface area contributed by atoms with Crippen LogP contribution in [0.1, 0.15) is 86.0 Å². The lowest BCUT2D eigenvalue weighted by Crippen LogP contribution is -2.35. The quantitative estimate of drug-likeness (QED) is 0.359.